The van der Waals surface area contributed by atoms with Crippen molar-refractivity contribution in [3.8, 4) is 0 Å². The van der Waals surface area contributed by atoms with Gasteiger partial charge in [0.25, 0.3) is 0 Å². The Kier molecular flexibility index (Phi) is 5.41. The first kappa shape index (κ1) is 18.9. The molecule has 1 N–H and O–H groups in total. The number of sulfonamides is 1. The van der Waals surface area contributed by atoms with Crippen LogP contribution in [0.15, 0.2) is 41.3 Å². The molecular weight excluding hydrogens is 358 g/mol. The third kappa shape index (κ3) is 4.11. The number of rotatable bonds is 4. The molecule has 0 spiro atoms. The summed E-state index contributed by atoms with van der Waals surface area (Å²) in [4.78, 5) is 0.691. The Bertz CT molecular complexity index is 888. The summed E-state index contributed by atoms with van der Waals surface area (Å²) < 4.78 is 53.7. The predicted octanol–water partition coefficient (Wildman–Crippen LogP) is 1.67. The SMILES string of the molecule is Cc1cc(C)cc(C[NH+]2CCN(S(=O)(=O)c3cc(F)ccc3F)CC2)c1. The van der Waals surface area contributed by atoms with E-state index in [4.69, 9.17) is 0 Å². The van der Waals surface area contributed by atoms with Gasteiger partial charge in [0.2, 0.25) is 10.0 Å². The van der Waals surface area contributed by atoms with Crippen molar-refractivity contribution in [3.05, 3.63) is 64.7 Å². The van der Waals surface area contributed by atoms with Crippen LogP contribution in [0.2, 0.25) is 0 Å². The number of aryl methyl sites for hydroxylation is 2. The van der Waals surface area contributed by atoms with E-state index in [1.807, 2.05) is 0 Å². The highest BCUT2D eigenvalue weighted by Gasteiger charge is 2.32. The van der Waals surface area contributed by atoms with E-state index in [9.17, 15) is 17.2 Å². The van der Waals surface area contributed by atoms with Gasteiger partial charge >= 0.3 is 0 Å². The maximum atomic E-state index is 13.9. The van der Waals surface area contributed by atoms with Crippen LogP contribution in [0.1, 0.15) is 16.7 Å². The van der Waals surface area contributed by atoms with Gasteiger partial charge in [-0.25, -0.2) is 17.2 Å². The van der Waals surface area contributed by atoms with Crippen LogP contribution >= 0.6 is 0 Å². The molecular formula is C19H23F2N2O2S+. The average molecular weight is 381 g/mol. The Morgan fingerprint density at radius 1 is 1.00 bits per heavy atom. The second kappa shape index (κ2) is 7.42. The van der Waals surface area contributed by atoms with Crippen LogP contribution in [0.5, 0.6) is 0 Å². The smallest absolute Gasteiger partial charge is 0.246 e. The first-order chi connectivity index (χ1) is 12.3. The Morgan fingerprint density at radius 2 is 1.62 bits per heavy atom. The van der Waals surface area contributed by atoms with E-state index in [-0.39, 0.29) is 0 Å². The second-order valence-electron chi connectivity index (χ2n) is 6.90. The normalized spacial score (nSPS) is 16.8. The van der Waals surface area contributed by atoms with Gasteiger partial charge in [0.05, 0.1) is 26.2 Å². The number of piperazine rings is 1. The van der Waals surface area contributed by atoms with Gasteiger partial charge < -0.3 is 4.90 Å². The molecule has 0 saturated carbocycles. The standard InChI is InChI=1S/C19H22F2N2O2S/c1-14-9-15(2)11-16(10-14)13-22-5-7-23(8-6-22)26(24,25)19-12-17(20)3-4-18(19)21/h3-4,9-12H,5-8,13H2,1-2H3/p+1. The van der Waals surface area contributed by atoms with Crippen LogP contribution in [0, 0.1) is 25.5 Å². The zero-order valence-corrected chi connectivity index (χ0v) is 15.7. The van der Waals surface area contributed by atoms with Crippen molar-refractivity contribution in [2.24, 2.45) is 0 Å². The van der Waals surface area contributed by atoms with E-state index in [1.54, 1.807) is 0 Å². The molecule has 2 aromatic carbocycles. The molecule has 140 valence electrons. The largest absolute Gasteiger partial charge is 0.329 e. The van der Waals surface area contributed by atoms with E-state index in [2.05, 4.69) is 32.0 Å². The monoisotopic (exact) mass is 381 g/mol. The Hall–Kier alpha value is -1.83. The molecule has 0 aromatic heterocycles. The van der Waals surface area contributed by atoms with Gasteiger partial charge in [-0.15, -0.1) is 0 Å². The van der Waals surface area contributed by atoms with E-state index < -0.39 is 26.6 Å². The number of benzene rings is 2. The molecule has 1 aliphatic heterocycles. The van der Waals surface area contributed by atoms with Gasteiger partial charge in [0.15, 0.2) is 0 Å². The number of halogens is 2. The van der Waals surface area contributed by atoms with Gasteiger partial charge in [-0.1, -0.05) is 29.3 Å². The molecule has 1 saturated heterocycles. The van der Waals surface area contributed by atoms with Crippen LogP contribution in [-0.2, 0) is 16.6 Å². The fourth-order valence-corrected chi connectivity index (χ4v) is 5.01. The quantitative estimate of drug-likeness (QED) is 0.876. The van der Waals surface area contributed by atoms with Crippen LogP contribution in [0.25, 0.3) is 0 Å². The zero-order valence-electron chi connectivity index (χ0n) is 14.9. The van der Waals surface area contributed by atoms with Crippen molar-refractivity contribution in [2.75, 3.05) is 26.2 Å². The molecule has 0 atom stereocenters. The maximum absolute atomic E-state index is 13.9. The summed E-state index contributed by atoms with van der Waals surface area (Å²) in [6.45, 7) is 6.78. The van der Waals surface area contributed by atoms with Crippen molar-refractivity contribution >= 4 is 10.0 Å². The molecule has 0 bridgehead atoms. The highest BCUT2D eigenvalue weighted by atomic mass is 32.2. The Labute approximate surface area is 153 Å². The summed E-state index contributed by atoms with van der Waals surface area (Å²) in [7, 11) is -4.02. The van der Waals surface area contributed by atoms with Crippen molar-refractivity contribution in [1.82, 2.24) is 4.31 Å². The topological polar surface area (TPSA) is 41.8 Å². The first-order valence-corrected chi connectivity index (χ1v) is 10.1. The van der Waals surface area contributed by atoms with Crippen molar-refractivity contribution < 1.29 is 22.1 Å². The predicted molar refractivity (Wildman–Crippen MR) is 95.4 cm³/mol. The van der Waals surface area contributed by atoms with Gasteiger partial charge in [-0.05, 0) is 32.0 Å². The summed E-state index contributed by atoms with van der Waals surface area (Å²) in [6, 6.07) is 8.93. The second-order valence-corrected chi connectivity index (χ2v) is 8.81. The molecule has 3 rings (SSSR count). The van der Waals surface area contributed by atoms with Crippen LogP contribution < -0.4 is 4.90 Å². The minimum absolute atomic E-state index is 0.290. The number of nitrogens with zero attached hydrogens (tertiary/aromatic N) is 1. The summed E-state index contributed by atoms with van der Waals surface area (Å²) >= 11 is 0. The van der Waals surface area contributed by atoms with Crippen LogP contribution in [-0.4, -0.2) is 38.9 Å². The number of hydrogen-bond acceptors (Lipinski definition) is 2. The number of hydrogen-bond donors (Lipinski definition) is 1. The molecule has 1 heterocycles. The molecule has 0 radical (unpaired) electrons. The molecule has 7 heteroatoms. The Balaban J connectivity index is 1.69. The highest BCUT2D eigenvalue weighted by molar-refractivity contribution is 7.89. The summed E-state index contributed by atoms with van der Waals surface area (Å²) in [5.74, 6) is -1.68. The van der Waals surface area contributed by atoms with E-state index >= 15 is 0 Å². The Morgan fingerprint density at radius 3 is 2.23 bits per heavy atom. The van der Waals surface area contributed by atoms with Crippen molar-refractivity contribution in [2.45, 2.75) is 25.3 Å². The van der Waals surface area contributed by atoms with E-state index in [1.165, 1.54) is 25.9 Å². The van der Waals surface area contributed by atoms with Crippen molar-refractivity contribution in [3.63, 3.8) is 0 Å². The summed E-state index contributed by atoms with van der Waals surface area (Å²) in [5, 5.41) is 0. The molecule has 0 unspecified atom stereocenters. The minimum atomic E-state index is -4.02. The highest BCUT2D eigenvalue weighted by Crippen LogP contribution is 2.20. The molecule has 26 heavy (non-hydrogen) atoms. The molecule has 1 aliphatic rings. The third-order valence-electron chi connectivity index (χ3n) is 4.68. The molecule has 0 aliphatic carbocycles. The lowest BCUT2D eigenvalue weighted by atomic mass is 10.1. The lowest BCUT2D eigenvalue weighted by molar-refractivity contribution is -0.917. The van der Waals surface area contributed by atoms with Gasteiger partial charge in [-0.2, -0.15) is 4.31 Å². The lowest BCUT2D eigenvalue weighted by Gasteiger charge is -2.31. The van der Waals surface area contributed by atoms with E-state index in [0.717, 1.165) is 24.7 Å². The zero-order chi connectivity index (χ0) is 18.9. The first-order valence-electron chi connectivity index (χ1n) is 8.61. The molecule has 1 fully saturated rings. The molecule has 2 aromatic rings. The lowest BCUT2D eigenvalue weighted by Crippen LogP contribution is -3.13. The van der Waals surface area contributed by atoms with Gasteiger partial charge in [0.1, 0.15) is 23.1 Å². The molecule has 4 nitrogen and oxygen atoms in total. The maximum Gasteiger partial charge on any atom is 0.246 e. The number of nitrogens with one attached hydrogen (secondary N) is 1. The minimum Gasteiger partial charge on any atom is -0.329 e. The van der Waals surface area contributed by atoms with Crippen LogP contribution in [0.3, 0.4) is 0 Å². The van der Waals surface area contributed by atoms with Crippen molar-refractivity contribution in [1.29, 1.82) is 0 Å². The van der Waals surface area contributed by atoms with Gasteiger partial charge in [-0.3, -0.25) is 0 Å². The number of quaternary nitrogens is 1. The average Bonchev–Trinajstić information content (AvgIpc) is 2.56. The fraction of sp³-hybridized carbons (Fsp3) is 0.368. The van der Waals surface area contributed by atoms with Crippen LogP contribution in [0.4, 0.5) is 8.78 Å². The summed E-state index contributed by atoms with van der Waals surface area (Å²) in [6.07, 6.45) is 0. The van der Waals surface area contributed by atoms with Gasteiger partial charge in [0, 0.05) is 5.56 Å². The summed E-state index contributed by atoms with van der Waals surface area (Å²) in [5.41, 5.74) is 3.65. The third-order valence-corrected chi connectivity index (χ3v) is 6.59. The fourth-order valence-electron chi connectivity index (χ4n) is 3.49. The molecule has 0 amide bonds. The van der Waals surface area contributed by atoms with E-state index in [0.29, 0.717) is 26.2 Å².